The number of anilines is 1. The Morgan fingerprint density at radius 1 is 1.33 bits per heavy atom. The number of aromatic nitrogens is 2. The van der Waals surface area contributed by atoms with Crippen LogP contribution in [0, 0.1) is 0 Å². The molecule has 1 N–H and O–H groups in total. The number of aliphatic hydroxyl groups excluding tert-OH is 1. The zero-order valence-electron chi connectivity index (χ0n) is 11.9. The van der Waals surface area contributed by atoms with Gasteiger partial charge < -0.3 is 13.9 Å². The maximum atomic E-state index is 12.7. The molecular weight excluding hydrogens is 334 g/mol. The van der Waals surface area contributed by atoms with E-state index in [0.717, 1.165) is 11.3 Å². The quantitative estimate of drug-likeness (QED) is 0.725. The van der Waals surface area contributed by atoms with Gasteiger partial charge in [0.1, 0.15) is 11.6 Å². The molecule has 120 valence electrons. The number of ketones is 1. The second-order valence-corrected chi connectivity index (χ2v) is 5.74. The SMILES string of the molecule is O=C(C1=C(O)C(=O)N(c2nncs2)C1c1ccoc1)c1ccco1. The molecule has 0 aliphatic carbocycles. The Balaban J connectivity index is 1.87. The van der Waals surface area contributed by atoms with E-state index in [-0.39, 0.29) is 16.5 Å². The van der Waals surface area contributed by atoms with E-state index in [4.69, 9.17) is 8.83 Å². The van der Waals surface area contributed by atoms with E-state index in [0.29, 0.717) is 5.56 Å². The molecular formula is C15H9N3O5S. The number of amides is 1. The van der Waals surface area contributed by atoms with Gasteiger partial charge in [0.05, 0.1) is 24.4 Å². The highest BCUT2D eigenvalue weighted by molar-refractivity contribution is 7.13. The standard InChI is InChI=1S/C15H9N3O5S/c19-12(9-2-1-4-23-9)10-11(8-3-5-22-6-8)18(14(21)13(10)20)15-17-16-7-24-15/h1-7,11,20H. The fourth-order valence-corrected chi connectivity index (χ4v) is 3.18. The van der Waals surface area contributed by atoms with Gasteiger partial charge in [-0.15, -0.1) is 10.2 Å². The van der Waals surface area contributed by atoms with Crippen LogP contribution in [-0.2, 0) is 4.79 Å². The summed E-state index contributed by atoms with van der Waals surface area (Å²) in [5.41, 5.74) is 1.89. The lowest BCUT2D eigenvalue weighted by Gasteiger charge is -2.22. The molecule has 0 fully saturated rings. The van der Waals surface area contributed by atoms with Gasteiger partial charge in [0.25, 0.3) is 5.91 Å². The van der Waals surface area contributed by atoms with Gasteiger partial charge in [-0.1, -0.05) is 11.3 Å². The third kappa shape index (κ3) is 2.06. The van der Waals surface area contributed by atoms with Crippen molar-refractivity contribution in [2.75, 3.05) is 4.90 Å². The fourth-order valence-electron chi connectivity index (χ4n) is 2.59. The molecule has 4 heterocycles. The van der Waals surface area contributed by atoms with E-state index in [1.165, 1.54) is 35.3 Å². The highest BCUT2D eigenvalue weighted by Crippen LogP contribution is 2.42. The van der Waals surface area contributed by atoms with Crippen LogP contribution in [0.1, 0.15) is 22.2 Å². The van der Waals surface area contributed by atoms with Crippen molar-refractivity contribution in [2.24, 2.45) is 0 Å². The third-order valence-electron chi connectivity index (χ3n) is 3.61. The molecule has 24 heavy (non-hydrogen) atoms. The van der Waals surface area contributed by atoms with E-state index < -0.39 is 23.5 Å². The second kappa shape index (κ2) is 5.46. The molecule has 0 radical (unpaired) electrons. The summed E-state index contributed by atoms with van der Waals surface area (Å²) in [6.45, 7) is 0. The summed E-state index contributed by atoms with van der Waals surface area (Å²) in [4.78, 5) is 26.5. The van der Waals surface area contributed by atoms with Crippen LogP contribution in [0.3, 0.4) is 0 Å². The molecule has 3 aromatic rings. The second-order valence-electron chi connectivity index (χ2n) is 4.92. The highest BCUT2D eigenvalue weighted by Gasteiger charge is 2.46. The largest absolute Gasteiger partial charge is 0.503 e. The normalized spacial score (nSPS) is 17.8. The molecule has 0 bridgehead atoms. The first-order valence-corrected chi connectivity index (χ1v) is 7.69. The van der Waals surface area contributed by atoms with Crippen LogP contribution in [-0.4, -0.2) is 27.0 Å². The summed E-state index contributed by atoms with van der Waals surface area (Å²) in [6.07, 6.45) is 4.17. The lowest BCUT2D eigenvalue weighted by Crippen LogP contribution is -2.30. The van der Waals surface area contributed by atoms with Crippen molar-refractivity contribution in [2.45, 2.75) is 6.04 Å². The summed E-state index contributed by atoms with van der Waals surface area (Å²) < 4.78 is 10.2. The summed E-state index contributed by atoms with van der Waals surface area (Å²) in [6, 6.07) is 3.76. The number of carbonyl (C=O) groups is 2. The van der Waals surface area contributed by atoms with E-state index in [2.05, 4.69) is 10.2 Å². The van der Waals surface area contributed by atoms with E-state index in [1.807, 2.05) is 0 Å². The summed E-state index contributed by atoms with van der Waals surface area (Å²) in [5.74, 6) is -1.92. The molecule has 8 nitrogen and oxygen atoms in total. The van der Waals surface area contributed by atoms with Gasteiger partial charge in [-0.2, -0.15) is 0 Å². The van der Waals surface area contributed by atoms with Crippen LogP contribution >= 0.6 is 11.3 Å². The Kier molecular flexibility index (Phi) is 3.28. The van der Waals surface area contributed by atoms with Gasteiger partial charge in [-0.05, 0) is 18.2 Å². The van der Waals surface area contributed by atoms with Crippen LogP contribution in [0.5, 0.6) is 0 Å². The van der Waals surface area contributed by atoms with Gasteiger partial charge in [0, 0.05) is 5.56 Å². The maximum absolute atomic E-state index is 12.7. The lowest BCUT2D eigenvalue weighted by molar-refractivity contribution is -0.117. The molecule has 1 unspecified atom stereocenters. The van der Waals surface area contributed by atoms with Crippen LogP contribution < -0.4 is 4.90 Å². The molecule has 1 aliphatic heterocycles. The molecule has 0 saturated carbocycles. The van der Waals surface area contributed by atoms with Crippen molar-refractivity contribution in [3.8, 4) is 0 Å². The summed E-state index contributed by atoms with van der Waals surface area (Å²) in [5, 5.41) is 18.2. The molecule has 0 aromatic carbocycles. The zero-order valence-corrected chi connectivity index (χ0v) is 12.8. The average Bonchev–Trinajstić information content (AvgIpc) is 3.37. The molecule has 9 heteroatoms. The van der Waals surface area contributed by atoms with E-state index in [1.54, 1.807) is 12.1 Å². The van der Waals surface area contributed by atoms with E-state index in [9.17, 15) is 14.7 Å². The maximum Gasteiger partial charge on any atom is 0.296 e. The monoisotopic (exact) mass is 343 g/mol. The van der Waals surface area contributed by atoms with Gasteiger partial charge in [-0.25, -0.2) is 0 Å². The Hall–Kier alpha value is -3.20. The molecule has 1 aliphatic rings. The van der Waals surface area contributed by atoms with Gasteiger partial charge >= 0.3 is 0 Å². The third-order valence-corrected chi connectivity index (χ3v) is 4.30. The summed E-state index contributed by atoms with van der Waals surface area (Å²) >= 11 is 1.12. The van der Waals surface area contributed by atoms with Crippen molar-refractivity contribution >= 4 is 28.2 Å². The fraction of sp³-hybridized carbons (Fsp3) is 0.0667. The Labute approximate surface area is 138 Å². The number of furan rings is 2. The number of carbonyl (C=O) groups excluding carboxylic acids is 2. The Morgan fingerprint density at radius 3 is 2.83 bits per heavy atom. The first-order valence-electron chi connectivity index (χ1n) is 6.81. The van der Waals surface area contributed by atoms with Crippen LogP contribution in [0.25, 0.3) is 0 Å². The molecule has 0 spiro atoms. The van der Waals surface area contributed by atoms with Gasteiger partial charge in [0.15, 0.2) is 11.5 Å². The van der Waals surface area contributed by atoms with E-state index >= 15 is 0 Å². The number of hydrogen-bond acceptors (Lipinski definition) is 8. The van der Waals surface area contributed by atoms with Crippen LogP contribution in [0.2, 0.25) is 0 Å². The number of rotatable bonds is 4. The Morgan fingerprint density at radius 2 is 2.21 bits per heavy atom. The molecule has 1 amide bonds. The molecule has 0 saturated heterocycles. The topological polar surface area (TPSA) is 110 Å². The van der Waals surface area contributed by atoms with Gasteiger partial charge in [-0.3, -0.25) is 14.5 Å². The van der Waals surface area contributed by atoms with Crippen LogP contribution in [0.4, 0.5) is 5.13 Å². The number of nitrogens with zero attached hydrogens (tertiary/aromatic N) is 3. The predicted molar refractivity (Wildman–Crippen MR) is 81.5 cm³/mol. The van der Waals surface area contributed by atoms with Crippen molar-refractivity contribution in [1.82, 2.24) is 10.2 Å². The van der Waals surface area contributed by atoms with Crippen molar-refractivity contribution in [3.05, 3.63) is 65.2 Å². The Bertz CT molecular complexity index is 913. The zero-order chi connectivity index (χ0) is 16.7. The van der Waals surface area contributed by atoms with Crippen LogP contribution in [0.15, 0.2) is 62.7 Å². The van der Waals surface area contributed by atoms with Crippen molar-refractivity contribution < 1.29 is 23.5 Å². The molecule has 3 aromatic heterocycles. The van der Waals surface area contributed by atoms with Crippen molar-refractivity contribution in [1.29, 1.82) is 0 Å². The smallest absolute Gasteiger partial charge is 0.296 e. The first-order chi connectivity index (χ1) is 11.7. The average molecular weight is 343 g/mol. The van der Waals surface area contributed by atoms with Gasteiger partial charge in [0.2, 0.25) is 10.9 Å². The summed E-state index contributed by atoms with van der Waals surface area (Å²) in [7, 11) is 0. The number of aliphatic hydroxyl groups is 1. The molecule has 1 atom stereocenters. The van der Waals surface area contributed by atoms with Crippen molar-refractivity contribution in [3.63, 3.8) is 0 Å². The predicted octanol–water partition coefficient (Wildman–Crippen LogP) is 2.51. The molecule has 4 rings (SSSR count). The number of hydrogen-bond donors (Lipinski definition) is 1. The number of Topliss-reactive ketones (excluding diaryl/α,β-unsaturated/α-hetero) is 1. The lowest BCUT2D eigenvalue weighted by atomic mass is 9.97. The minimum Gasteiger partial charge on any atom is -0.503 e. The minimum absolute atomic E-state index is 0.0250. The highest BCUT2D eigenvalue weighted by atomic mass is 32.1. The minimum atomic E-state index is -0.873. The first kappa shape index (κ1) is 14.4.